The Kier molecular flexibility index (Phi) is 4.93. The summed E-state index contributed by atoms with van der Waals surface area (Å²) in [6.45, 7) is 0.330. The number of hydrogen-bond donors (Lipinski definition) is 2. The van der Waals surface area contributed by atoms with E-state index in [1.165, 1.54) is 4.90 Å². The van der Waals surface area contributed by atoms with Crippen molar-refractivity contribution in [3.63, 3.8) is 0 Å². The second kappa shape index (κ2) is 6.84. The number of aliphatic carboxylic acids is 1. The van der Waals surface area contributed by atoms with Crippen LogP contribution in [0.15, 0.2) is 18.2 Å². The van der Waals surface area contributed by atoms with Crippen molar-refractivity contribution in [3.8, 4) is 0 Å². The zero-order valence-corrected chi connectivity index (χ0v) is 14.9. The van der Waals surface area contributed by atoms with Crippen LogP contribution in [0.25, 0.3) is 0 Å². The normalized spacial score (nSPS) is 22.2. The van der Waals surface area contributed by atoms with E-state index in [2.05, 4.69) is 5.32 Å². The van der Waals surface area contributed by atoms with Crippen molar-refractivity contribution in [2.75, 3.05) is 11.4 Å². The van der Waals surface area contributed by atoms with E-state index < -0.39 is 23.3 Å². The Morgan fingerprint density at radius 3 is 2.56 bits per heavy atom. The number of benzene rings is 1. The van der Waals surface area contributed by atoms with Crippen LogP contribution in [0.1, 0.15) is 32.1 Å². The highest BCUT2D eigenvalue weighted by molar-refractivity contribution is 6.36. The highest BCUT2D eigenvalue weighted by atomic mass is 35.5. The molecule has 1 atom stereocenters. The van der Waals surface area contributed by atoms with Crippen LogP contribution < -0.4 is 10.2 Å². The Morgan fingerprint density at radius 2 is 1.92 bits per heavy atom. The van der Waals surface area contributed by atoms with Gasteiger partial charge in [-0.1, -0.05) is 36.0 Å². The number of halogens is 2. The first-order valence-electron chi connectivity index (χ1n) is 8.16. The van der Waals surface area contributed by atoms with Crippen molar-refractivity contribution in [3.05, 3.63) is 28.2 Å². The molecule has 0 aromatic heterocycles. The Hall–Kier alpha value is -1.79. The number of nitrogens with one attached hydrogen (secondary N) is 1. The second-order valence-electron chi connectivity index (χ2n) is 6.51. The number of amides is 2. The lowest BCUT2D eigenvalue weighted by molar-refractivity contribution is -0.148. The molecule has 0 bridgehead atoms. The van der Waals surface area contributed by atoms with E-state index in [4.69, 9.17) is 23.2 Å². The highest BCUT2D eigenvalue weighted by Crippen LogP contribution is 2.35. The van der Waals surface area contributed by atoms with Crippen LogP contribution in [0.4, 0.5) is 5.69 Å². The molecule has 25 heavy (non-hydrogen) atoms. The van der Waals surface area contributed by atoms with Gasteiger partial charge in [0.05, 0.1) is 10.7 Å². The average molecular weight is 385 g/mol. The number of anilines is 1. The molecule has 8 heteroatoms. The maximum Gasteiger partial charge on any atom is 0.329 e. The van der Waals surface area contributed by atoms with Crippen LogP contribution in [0.5, 0.6) is 0 Å². The van der Waals surface area contributed by atoms with Crippen LogP contribution in [0, 0.1) is 5.92 Å². The molecule has 1 aliphatic carbocycles. The van der Waals surface area contributed by atoms with Gasteiger partial charge in [0, 0.05) is 11.6 Å². The van der Waals surface area contributed by atoms with Crippen molar-refractivity contribution in [1.29, 1.82) is 0 Å². The molecular formula is C17H18Cl2N2O4. The molecule has 3 rings (SSSR count). The molecule has 2 N–H and O–H groups in total. The molecule has 2 amide bonds. The first-order chi connectivity index (χ1) is 11.8. The number of carbonyl (C=O) groups excluding carboxylic acids is 2. The minimum atomic E-state index is -1.25. The van der Waals surface area contributed by atoms with E-state index in [1.54, 1.807) is 18.2 Å². The summed E-state index contributed by atoms with van der Waals surface area (Å²) in [5, 5.41) is 12.9. The number of carboxylic acid groups (broad SMARTS) is 1. The van der Waals surface area contributed by atoms with Crippen molar-refractivity contribution in [2.45, 2.75) is 37.6 Å². The Balaban J connectivity index is 1.76. The number of hydrogen-bond acceptors (Lipinski definition) is 3. The molecule has 6 nitrogen and oxygen atoms in total. The third-order valence-electron chi connectivity index (χ3n) is 4.95. The van der Waals surface area contributed by atoms with Gasteiger partial charge in [-0.3, -0.25) is 9.59 Å². The van der Waals surface area contributed by atoms with E-state index in [-0.39, 0.29) is 5.91 Å². The quantitative estimate of drug-likeness (QED) is 0.781. The van der Waals surface area contributed by atoms with Crippen molar-refractivity contribution >= 4 is 46.7 Å². The molecule has 0 radical (unpaired) electrons. The standard InChI is InChI=1S/C17H18Cl2N2O4/c18-10-3-4-12(19)13(9-10)21-8-5-11(15(21)23)14(22)20-17(16(24)25)6-1-2-7-17/h3-4,9,11H,1-2,5-8H2,(H,20,22)(H,24,25). The first kappa shape index (κ1) is 18.0. The maximum atomic E-state index is 12.7. The van der Waals surface area contributed by atoms with E-state index in [0.717, 1.165) is 12.8 Å². The lowest BCUT2D eigenvalue weighted by Gasteiger charge is -2.26. The summed E-state index contributed by atoms with van der Waals surface area (Å²) < 4.78 is 0. The fourth-order valence-electron chi connectivity index (χ4n) is 3.55. The minimum Gasteiger partial charge on any atom is -0.480 e. The molecular weight excluding hydrogens is 367 g/mol. The monoisotopic (exact) mass is 384 g/mol. The molecule has 1 saturated heterocycles. The SMILES string of the molecule is O=C(NC1(C(=O)O)CCCC1)C1CCN(c2cc(Cl)ccc2Cl)C1=O. The first-order valence-corrected chi connectivity index (χ1v) is 8.91. The van der Waals surface area contributed by atoms with Gasteiger partial charge in [0.1, 0.15) is 11.5 Å². The molecule has 134 valence electrons. The Bertz CT molecular complexity index is 731. The van der Waals surface area contributed by atoms with Gasteiger partial charge in [0.15, 0.2) is 0 Å². The summed E-state index contributed by atoms with van der Waals surface area (Å²) in [5.74, 6) is -2.87. The van der Waals surface area contributed by atoms with Crippen LogP contribution in [-0.4, -0.2) is 35.0 Å². The van der Waals surface area contributed by atoms with Gasteiger partial charge < -0.3 is 15.3 Å². The predicted octanol–water partition coefficient (Wildman–Crippen LogP) is 2.86. The molecule has 2 fully saturated rings. The van der Waals surface area contributed by atoms with Crippen molar-refractivity contribution in [2.24, 2.45) is 5.92 Å². The smallest absolute Gasteiger partial charge is 0.329 e. The molecule has 1 unspecified atom stereocenters. The third kappa shape index (κ3) is 3.33. The van der Waals surface area contributed by atoms with E-state index in [9.17, 15) is 19.5 Å². The average Bonchev–Trinajstić information content (AvgIpc) is 3.17. The fourth-order valence-corrected chi connectivity index (χ4v) is 3.93. The Labute approximate surface area is 155 Å². The van der Waals surface area contributed by atoms with E-state index in [0.29, 0.717) is 41.5 Å². The second-order valence-corrected chi connectivity index (χ2v) is 7.35. The molecule has 1 aromatic carbocycles. The number of carboxylic acids is 1. The summed E-state index contributed by atoms with van der Waals surface area (Å²) in [5.41, 5.74) is -0.790. The Morgan fingerprint density at radius 1 is 1.24 bits per heavy atom. The number of carbonyl (C=O) groups is 3. The van der Waals surface area contributed by atoms with Crippen molar-refractivity contribution < 1.29 is 19.5 Å². The molecule has 1 saturated carbocycles. The van der Waals surface area contributed by atoms with Crippen LogP contribution in [0.3, 0.4) is 0 Å². The zero-order valence-electron chi connectivity index (χ0n) is 13.4. The van der Waals surface area contributed by atoms with Crippen molar-refractivity contribution in [1.82, 2.24) is 5.32 Å². The third-order valence-corrected chi connectivity index (χ3v) is 5.50. The summed E-state index contributed by atoms with van der Waals surface area (Å²) in [7, 11) is 0. The lowest BCUT2D eigenvalue weighted by atomic mass is 9.96. The minimum absolute atomic E-state index is 0.309. The van der Waals surface area contributed by atoms with Gasteiger partial charge in [-0.25, -0.2) is 4.79 Å². The van der Waals surface area contributed by atoms with Gasteiger partial charge in [0.2, 0.25) is 11.8 Å². The number of nitrogens with zero attached hydrogens (tertiary/aromatic N) is 1. The van der Waals surface area contributed by atoms with Crippen LogP contribution in [-0.2, 0) is 14.4 Å². The summed E-state index contributed by atoms with van der Waals surface area (Å²) >= 11 is 12.1. The van der Waals surface area contributed by atoms with E-state index in [1.807, 2.05) is 0 Å². The van der Waals surface area contributed by atoms with Gasteiger partial charge in [0.25, 0.3) is 0 Å². The van der Waals surface area contributed by atoms with Crippen LogP contribution >= 0.6 is 23.2 Å². The summed E-state index contributed by atoms with van der Waals surface area (Å²) in [6.07, 6.45) is 2.58. The predicted molar refractivity (Wildman–Crippen MR) is 93.9 cm³/mol. The number of rotatable bonds is 4. The lowest BCUT2D eigenvalue weighted by Crippen LogP contribution is -2.54. The van der Waals surface area contributed by atoms with Gasteiger partial charge in [-0.15, -0.1) is 0 Å². The summed E-state index contributed by atoms with van der Waals surface area (Å²) in [4.78, 5) is 38.3. The highest BCUT2D eigenvalue weighted by Gasteiger charge is 2.46. The molecule has 0 spiro atoms. The van der Waals surface area contributed by atoms with Gasteiger partial charge >= 0.3 is 5.97 Å². The van der Waals surface area contributed by atoms with Gasteiger partial charge in [-0.2, -0.15) is 0 Å². The molecule has 1 aromatic rings. The summed E-state index contributed by atoms with van der Waals surface area (Å²) in [6, 6.07) is 4.80. The molecule has 1 aliphatic heterocycles. The topological polar surface area (TPSA) is 86.7 Å². The zero-order chi connectivity index (χ0) is 18.2. The fraction of sp³-hybridized carbons (Fsp3) is 0.471. The van der Waals surface area contributed by atoms with E-state index >= 15 is 0 Å². The van der Waals surface area contributed by atoms with Crippen LogP contribution in [0.2, 0.25) is 10.0 Å². The maximum absolute atomic E-state index is 12.7. The largest absolute Gasteiger partial charge is 0.480 e. The molecule has 2 aliphatic rings. The van der Waals surface area contributed by atoms with Gasteiger partial charge in [-0.05, 0) is 37.5 Å². The molecule has 1 heterocycles.